The Morgan fingerprint density at radius 1 is 1.36 bits per heavy atom. The number of Topliss-reactive ketones (excluding diaryl/α,β-unsaturated/α-hetero) is 1. The fraction of sp³-hybridized carbons (Fsp3) is 0.471. The van der Waals surface area contributed by atoms with Gasteiger partial charge in [-0.2, -0.15) is 0 Å². The van der Waals surface area contributed by atoms with E-state index in [0.29, 0.717) is 5.56 Å². The SMILES string of the molecule is CC(C)[C@H]1CC[C@@H](C)C(=Cc2ccc(O)c([N+](=O)[O-])c2)C1=O. The van der Waals surface area contributed by atoms with Crippen molar-refractivity contribution < 1.29 is 14.8 Å². The number of rotatable bonds is 3. The third kappa shape index (κ3) is 3.18. The first kappa shape index (κ1) is 16.2. The highest BCUT2D eigenvalue weighted by Gasteiger charge is 2.32. The second-order valence-electron chi connectivity index (χ2n) is 6.30. The van der Waals surface area contributed by atoms with Crippen molar-refractivity contribution in [2.24, 2.45) is 17.8 Å². The van der Waals surface area contributed by atoms with Crippen LogP contribution in [0.2, 0.25) is 0 Å². The number of carbonyl (C=O) groups excluding carboxylic acids is 1. The summed E-state index contributed by atoms with van der Waals surface area (Å²) >= 11 is 0. The Kier molecular flexibility index (Phi) is 4.64. The van der Waals surface area contributed by atoms with Crippen LogP contribution in [-0.2, 0) is 4.79 Å². The lowest BCUT2D eigenvalue weighted by Crippen LogP contribution is -2.30. The minimum Gasteiger partial charge on any atom is -0.502 e. The van der Waals surface area contributed by atoms with Crippen molar-refractivity contribution in [1.29, 1.82) is 0 Å². The van der Waals surface area contributed by atoms with Gasteiger partial charge in [0.25, 0.3) is 0 Å². The zero-order chi connectivity index (χ0) is 16.4. The summed E-state index contributed by atoms with van der Waals surface area (Å²) in [4.78, 5) is 22.9. The minimum absolute atomic E-state index is 0.0227. The van der Waals surface area contributed by atoms with Crippen LogP contribution in [0.3, 0.4) is 0 Å². The van der Waals surface area contributed by atoms with E-state index >= 15 is 0 Å². The van der Waals surface area contributed by atoms with E-state index in [4.69, 9.17) is 0 Å². The molecular formula is C17H21NO4. The quantitative estimate of drug-likeness (QED) is 0.520. The van der Waals surface area contributed by atoms with E-state index in [1.54, 1.807) is 12.1 Å². The highest BCUT2D eigenvalue weighted by molar-refractivity contribution is 6.02. The predicted octanol–water partition coefficient (Wildman–Crippen LogP) is 3.96. The molecule has 0 unspecified atom stereocenters. The van der Waals surface area contributed by atoms with Crippen LogP contribution < -0.4 is 0 Å². The number of nitro groups is 1. The Bertz CT molecular complexity index is 634. The molecule has 0 radical (unpaired) electrons. The number of hydrogen-bond donors (Lipinski definition) is 1. The minimum atomic E-state index is -0.625. The van der Waals surface area contributed by atoms with Gasteiger partial charge in [0, 0.05) is 12.0 Å². The third-order valence-corrected chi connectivity index (χ3v) is 4.39. The molecule has 2 rings (SSSR count). The van der Waals surface area contributed by atoms with Gasteiger partial charge in [-0.05, 0) is 48.0 Å². The normalized spacial score (nSPS) is 24.0. The fourth-order valence-corrected chi connectivity index (χ4v) is 2.98. The van der Waals surface area contributed by atoms with Crippen LogP contribution in [0.4, 0.5) is 5.69 Å². The average molecular weight is 303 g/mol. The van der Waals surface area contributed by atoms with Gasteiger partial charge in [0.1, 0.15) is 0 Å². The van der Waals surface area contributed by atoms with Crippen molar-refractivity contribution in [3.63, 3.8) is 0 Å². The van der Waals surface area contributed by atoms with Gasteiger partial charge in [-0.15, -0.1) is 0 Å². The predicted molar refractivity (Wildman–Crippen MR) is 84.5 cm³/mol. The van der Waals surface area contributed by atoms with Gasteiger partial charge in [0.15, 0.2) is 11.5 Å². The number of hydrogen-bond acceptors (Lipinski definition) is 4. The van der Waals surface area contributed by atoms with E-state index in [9.17, 15) is 20.0 Å². The number of phenols is 1. The van der Waals surface area contributed by atoms with Crippen LogP contribution in [0.25, 0.3) is 6.08 Å². The van der Waals surface area contributed by atoms with Gasteiger partial charge in [0.2, 0.25) is 0 Å². The van der Waals surface area contributed by atoms with Gasteiger partial charge in [-0.1, -0.05) is 26.8 Å². The van der Waals surface area contributed by atoms with Gasteiger partial charge in [0.05, 0.1) is 4.92 Å². The molecule has 118 valence electrons. The summed E-state index contributed by atoms with van der Waals surface area (Å²) in [6, 6.07) is 4.19. The maximum atomic E-state index is 12.6. The Hall–Kier alpha value is -2.17. The number of phenolic OH excluding ortho intramolecular Hbond substituents is 1. The van der Waals surface area contributed by atoms with E-state index in [2.05, 4.69) is 0 Å². The molecule has 0 saturated heterocycles. The molecule has 0 aliphatic heterocycles. The van der Waals surface area contributed by atoms with Gasteiger partial charge < -0.3 is 5.11 Å². The van der Waals surface area contributed by atoms with E-state index in [0.717, 1.165) is 18.4 Å². The molecule has 1 saturated carbocycles. The molecular weight excluding hydrogens is 282 g/mol. The standard InChI is InChI=1S/C17H21NO4/c1-10(2)13-6-4-11(3)14(17(13)20)8-12-5-7-16(19)15(9-12)18(21)22/h5,7-11,13,19H,4,6H2,1-3H3/t11-,13-/m1/s1. The number of carbonyl (C=O) groups is 1. The molecule has 1 aliphatic carbocycles. The Labute approximate surface area is 129 Å². The molecule has 1 aromatic rings. The first-order chi connectivity index (χ1) is 10.3. The largest absolute Gasteiger partial charge is 0.502 e. The summed E-state index contributed by atoms with van der Waals surface area (Å²) in [6.45, 7) is 6.10. The number of allylic oxidation sites excluding steroid dienone is 1. The molecule has 0 amide bonds. The first-order valence-electron chi connectivity index (χ1n) is 7.54. The second kappa shape index (κ2) is 6.30. The number of aromatic hydroxyl groups is 1. The van der Waals surface area contributed by atoms with E-state index in [1.807, 2.05) is 20.8 Å². The zero-order valence-electron chi connectivity index (χ0n) is 13.1. The van der Waals surface area contributed by atoms with Crippen molar-refractivity contribution >= 4 is 17.5 Å². The molecule has 0 aromatic heterocycles. The molecule has 1 fully saturated rings. The van der Waals surface area contributed by atoms with Crippen LogP contribution in [0, 0.1) is 27.9 Å². The van der Waals surface area contributed by atoms with E-state index < -0.39 is 4.92 Å². The van der Waals surface area contributed by atoms with Crippen molar-refractivity contribution in [2.75, 3.05) is 0 Å². The molecule has 2 atom stereocenters. The average Bonchev–Trinajstić information content (AvgIpc) is 2.44. The molecule has 22 heavy (non-hydrogen) atoms. The second-order valence-corrected chi connectivity index (χ2v) is 6.30. The zero-order valence-corrected chi connectivity index (χ0v) is 13.1. The van der Waals surface area contributed by atoms with Crippen molar-refractivity contribution in [3.8, 4) is 5.75 Å². The number of nitrogens with zero attached hydrogens (tertiary/aromatic N) is 1. The summed E-state index contributed by atoms with van der Waals surface area (Å²) in [7, 11) is 0. The van der Waals surface area contributed by atoms with Crippen molar-refractivity contribution in [1.82, 2.24) is 0 Å². The first-order valence-corrected chi connectivity index (χ1v) is 7.54. The summed E-state index contributed by atoms with van der Waals surface area (Å²) in [6.07, 6.45) is 3.57. The maximum absolute atomic E-state index is 12.6. The highest BCUT2D eigenvalue weighted by atomic mass is 16.6. The lowest BCUT2D eigenvalue weighted by Gasteiger charge is -2.30. The van der Waals surface area contributed by atoms with E-state index in [-0.39, 0.29) is 35.0 Å². The van der Waals surface area contributed by atoms with Crippen LogP contribution in [0.15, 0.2) is 23.8 Å². The van der Waals surface area contributed by atoms with Crippen molar-refractivity contribution in [3.05, 3.63) is 39.4 Å². The molecule has 0 heterocycles. The third-order valence-electron chi connectivity index (χ3n) is 4.39. The summed E-state index contributed by atoms with van der Waals surface area (Å²) < 4.78 is 0. The number of ketones is 1. The number of benzene rings is 1. The monoisotopic (exact) mass is 303 g/mol. The molecule has 0 bridgehead atoms. The lowest BCUT2D eigenvalue weighted by molar-refractivity contribution is -0.385. The van der Waals surface area contributed by atoms with Crippen molar-refractivity contribution in [2.45, 2.75) is 33.6 Å². The van der Waals surface area contributed by atoms with Crippen LogP contribution >= 0.6 is 0 Å². The summed E-state index contributed by atoms with van der Waals surface area (Å²) in [5.74, 6) is 0.238. The molecule has 5 nitrogen and oxygen atoms in total. The highest BCUT2D eigenvalue weighted by Crippen LogP contribution is 2.36. The van der Waals surface area contributed by atoms with Crippen LogP contribution in [0.5, 0.6) is 5.75 Å². The Morgan fingerprint density at radius 3 is 2.64 bits per heavy atom. The Morgan fingerprint density at radius 2 is 2.05 bits per heavy atom. The van der Waals surface area contributed by atoms with Crippen LogP contribution in [-0.4, -0.2) is 15.8 Å². The van der Waals surface area contributed by atoms with E-state index in [1.165, 1.54) is 12.1 Å². The number of nitro benzene ring substituents is 1. The van der Waals surface area contributed by atoms with Crippen LogP contribution in [0.1, 0.15) is 39.2 Å². The smallest absolute Gasteiger partial charge is 0.311 e. The molecule has 1 aromatic carbocycles. The summed E-state index contributed by atoms with van der Waals surface area (Å²) in [5.41, 5.74) is 0.958. The van der Waals surface area contributed by atoms with Gasteiger partial charge in [-0.25, -0.2) is 0 Å². The van der Waals surface area contributed by atoms with Gasteiger partial charge in [-0.3, -0.25) is 14.9 Å². The van der Waals surface area contributed by atoms with Gasteiger partial charge >= 0.3 is 5.69 Å². The maximum Gasteiger partial charge on any atom is 0.311 e. The summed E-state index contributed by atoms with van der Waals surface area (Å²) in [5, 5.41) is 20.4. The molecule has 0 spiro atoms. The molecule has 5 heteroatoms. The molecule has 1 aliphatic rings. The topological polar surface area (TPSA) is 80.4 Å². The fourth-order valence-electron chi connectivity index (χ4n) is 2.98. The lowest BCUT2D eigenvalue weighted by atomic mass is 9.73. The Balaban J connectivity index is 2.40. The molecule has 1 N–H and O–H groups in total.